The first kappa shape index (κ1) is 18.8. The van der Waals surface area contributed by atoms with Crippen molar-refractivity contribution in [3.63, 3.8) is 0 Å². The first-order valence-electron chi connectivity index (χ1n) is 8.40. The summed E-state index contributed by atoms with van der Waals surface area (Å²) in [5.74, 6) is 0.349. The van der Waals surface area contributed by atoms with Gasteiger partial charge in [0.2, 0.25) is 5.91 Å². The fourth-order valence-electron chi connectivity index (χ4n) is 2.26. The molecule has 5 nitrogen and oxygen atoms in total. The molecule has 0 atom stereocenters. The van der Waals surface area contributed by atoms with E-state index in [0.29, 0.717) is 23.1 Å². The van der Waals surface area contributed by atoms with Gasteiger partial charge in [-0.05, 0) is 48.9 Å². The van der Waals surface area contributed by atoms with Crippen LogP contribution in [0.5, 0.6) is 0 Å². The van der Waals surface area contributed by atoms with Gasteiger partial charge < -0.3 is 10.6 Å². The van der Waals surface area contributed by atoms with Crippen molar-refractivity contribution in [2.45, 2.75) is 18.5 Å². The first-order chi connectivity index (χ1) is 13.1. The molecule has 0 unspecified atom stereocenters. The molecule has 1 aromatic heterocycles. The quantitative estimate of drug-likeness (QED) is 0.598. The normalized spacial score (nSPS) is 10.4. The van der Waals surface area contributed by atoms with Crippen molar-refractivity contribution in [3.8, 4) is 0 Å². The van der Waals surface area contributed by atoms with E-state index in [-0.39, 0.29) is 17.5 Å². The molecule has 138 valence electrons. The Labute approximate surface area is 161 Å². The lowest BCUT2D eigenvalue weighted by atomic mass is 10.1. The van der Waals surface area contributed by atoms with Crippen LogP contribution in [-0.4, -0.2) is 21.9 Å². The highest BCUT2D eigenvalue weighted by Crippen LogP contribution is 2.17. The summed E-state index contributed by atoms with van der Waals surface area (Å²) in [5.41, 5.74) is 2.95. The van der Waals surface area contributed by atoms with Gasteiger partial charge >= 0.3 is 0 Å². The zero-order chi connectivity index (χ0) is 19.1. The summed E-state index contributed by atoms with van der Waals surface area (Å²) < 4.78 is 12.9. The molecule has 2 N–H and O–H groups in total. The van der Waals surface area contributed by atoms with Crippen LogP contribution in [0.15, 0.2) is 65.7 Å². The molecule has 0 fully saturated rings. The smallest absolute Gasteiger partial charge is 0.234 e. The standard InChI is InChI=1S/C20H19FN4OS/c1-14-2-4-15(5-3-14)12-22-18-10-11-20(25-24-18)27-13-19(26)23-17-8-6-16(21)7-9-17/h2-11H,12-13H2,1H3,(H,22,24)(H,23,26). The monoisotopic (exact) mass is 382 g/mol. The molecule has 7 heteroatoms. The summed E-state index contributed by atoms with van der Waals surface area (Å²) in [7, 11) is 0. The van der Waals surface area contributed by atoms with Gasteiger partial charge in [0.15, 0.2) is 0 Å². The van der Waals surface area contributed by atoms with Crippen LogP contribution in [0.3, 0.4) is 0 Å². The molecule has 3 rings (SSSR count). The number of rotatable bonds is 7. The minimum atomic E-state index is -0.339. The molecule has 0 spiro atoms. The number of benzene rings is 2. The van der Waals surface area contributed by atoms with E-state index in [4.69, 9.17) is 0 Å². The molecule has 27 heavy (non-hydrogen) atoms. The number of hydrogen-bond donors (Lipinski definition) is 2. The van der Waals surface area contributed by atoms with Crippen LogP contribution >= 0.6 is 11.8 Å². The number of nitrogens with one attached hydrogen (secondary N) is 2. The van der Waals surface area contributed by atoms with Crippen molar-refractivity contribution in [1.82, 2.24) is 10.2 Å². The van der Waals surface area contributed by atoms with Crippen LogP contribution in [0, 0.1) is 12.7 Å². The van der Waals surface area contributed by atoms with Crippen LogP contribution in [0.4, 0.5) is 15.9 Å². The Morgan fingerprint density at radius 1 is 1.00 bits per heavy atom. The maximum Gasteiger partial charge on any atom is 0.234 e. The molecule has 0 saturated heterocycles. The Morgan fingerprint density at radius 3 is 2.41 bits per heavy atom. The number of carbonyl (C=O) groups excluding carboxylic acids is 1. The van der Waals surface area contributed by atoms with Gasteiger partial charge in [0.1, 0.15) is 16.7 Å². The van der Waals surface area contributed by atoms with Crippen molar-refractivity contribution < 1.29 is 9.18 Å². The third-order valence-electron chi connectivity index (χ3n) is 3.71. The summed E-state index contributed by atoms with van der Waals surface area (Å²) in [6.07, 6.45) is 0. The van der Waals surface area contributed by atoms with Crippen molar-refractivity contribution in [3.05, 3.63) is 77.6 Å². The Kier molecular flexibility index (Phi) is 6.38. The van der Waals surface area contributed by atoms with Crippen LogP contribution < -0.4 is 10.6 Å². The fourth-order valence-corrected chi connectivity index (χ4v) is 2.87. The fraction of sp³-hybridized carbons (Fsp3) is 0.150. The summed E-state index contributed by atoms with van der Waals surface area (Å²) in [4.78, 5) is 11.9. The maximum absolute atomic E-state index is 12.9. The second kappa shape index (κ2) is 9.14. The van der Waals surface area contributed by atoms with E-state index in [9.17, 15) is 9.18 Å². The second-order valence-corrected chi connectivity index (χ2v) is 6.94. The van der Waals surface area contributed by atoms with E-state index < -0.39 is 0 Å². The van der Waals surface area contributed by atoms with Gasteiger partial charge in [0, 0.05) is 12.2 Å². The molecule has 0 aliphatic heterocycles. The average molecular weight is 382 g/mol. The third-order valence-corrected chi connectivity index (χ3v) is 4.63. The molecular weight excluding hydrogens is 363 g/mol. The van der Waals surface area contributed by atoms with Crippen molar-refractivity contribution in [1.29, 1.82) is 0 Å². The Bertz CT molecular complexity index is 883. The molecule has 2 aromatic carbocycles. The number of carbonyl (C=O) groups is 1. The minimum Gasteiger partial charge on any atom is -0.365 e. The van der Waals surface area contributed by atoms with Gasteiger partial charge in [0.25, 0.3) is 0 Å². The molecule has 1 amide bonds. The van der Waals surface area contributed by atoms with Crippen molar-refractivity contribution in [2.24, 2.45) is 0 Å². The number of aromatic nitrogens is 2. The summed E-state index contributed by atoms with van der Waals surface area (Å²) >= 11 is 1.29. The molecule has 1 heterocycles. The minimum absolute atomic E-state index is 0.185. The first-order valence-corrected chi connectivity index (χ1v) is 9.38. The van der Waals surface area contributed by atoms with Gasteiger partial charge in [-0.3, -0.25) is 4.79 Å². The molecule has 0 aliphatic carbocycles. The number of hydrogen-bond acceptors (Lipinski definition) is 5. The molecule has 3 aromatic rings. The van der Waals surface area contributed by atoms with Gasteiger partial charge in [-0.1, -0.05) is 41.6 Å². The molecule has 0 radical (unpaired) electrons. The van der Waals surface area contributed by atoms with Crippen LogP contribution in [-0.2, 0) is 11.3 Å². The third kappa shape index (κ3) is 6.07. The van der Waals surface area contributed by atoms with Crippen LogP contribution in [0.25, 0.3) is 0 Å². The lowest BCUT2D eigenvalue weighted by molar-refractivity contribution is -0.113. The molecule has 0 aliphatic rings. The van der Waals surface area contributed by atoms with Gasteiger partial charge in [0.05, 0.1) is 5.75 Å². The Balaban J connectivity index is 1.45. The predicted molar refractivity (Wildman–Crippen MR) is 106 cm³/mol. The zero-order valence-electron chi connectivity index (χ0n) is 14.8. The van der Waals surface area contributed by atoms with Crippen LogP contribution in [0.2, 0.25) is 0 Å². The van der Waals surface area contributed by atoms with E-state index in [1.54, 1.807) is 0 Å². The Hall–Kier alpha value is -2.93. The molecular formula is C20H19FN4OS. The second-order valence-electron chi connectivity index (χ2n) is 5.94. The highest BCUT2D eigenvalue weighted by molar-refractivity contribution is 7.99. The highest BCUT2D eigenvalue weighted by atomic mass is 32.2. The number of anilines is 2. The van der Waals surface area contributed by atoms with Gasteiger partial charge in [-0.2, -0.15) is 0 Å². The summed E-state index contributed by atoms with van der Waals surface area (Å²) in [5, 5.41) is 14.8. The molecule has 0 bridgehead atoms. The SMILES string of the molecule is Cc1ccc(CNc2ccc(SCC(=O)Nc3ccc(F)cc3)nn2)cc1. The number of amides is 1. The average Bonchev–Trinajstić information content (AvgIpc) is 2.68. The van der Waals surface area contributed by atoms with Crippen molar-refractivity contribution >= 4 is 29.2 Å². The Morgan fingerprint density at radius 2 is 1.74 bits per heavy atom. The topological polar surface area (TPSA) is 66.9 Å². The lowest BCUT2D eigenvalue weighted by Crippen LogP contribution is -2.14. The number of nitrogens with zero attached hydrogens (tertiary/aromatic N) is 2. The number of thioether (sulfide) groups is 1. The highest BCUT2D eigenvalue weighted by Gasteiger charge is 2.06. The lowest BCUT2D eigenvalue weighted by Gasteiger charge is -2.07. The van der Waals surface area contributed by atoms with Crippen molar-refractivity contribution in [2.75, 3.05) is 16.4 Å². The largest absolute Gasteiger partial charge is 0.365 e. The van der Waals surface area contributed by atoms with Gasteiger partial charge in [-0.15, -0.1) is 10.2 Å². The predicted octanol–water partition coefficient (Wildman–Crippen LogP) is 4.27. The van der Waals surface area contributed by atoms with E-state index >= 15 is 0 Å². The number of aryl methyl sites for hydroxylation is 1. The van der Waals surface area contributed by atoms with Crippen LogP contribution in [0.1, 0.15) is 11.1 Å². The number of halogens is 1. The summed E-state index contributed by atoms with van der Waals surface area (Å²) in [6.45, 7) is 2.72. The van der Waals surface area contributed by atoms with E-state index in [1.165, 1.54) is 47.2 Å². The van der Waals surface area contributed by atoms with E-state index in [0.717, 1.165) is 0 Å². The molecule has 0 saturated carbocycles. The summed E-state index contributed by atoms with van der Waals surface area (Å²) in [6, 6.07) is 17.6. The maximum atomic E-state index is 12.9. The zero-order valence-corrected chi connectivity index (χ0v) is 15.6. The van der Waals surface area contributed by atoms with Gasteiger partial charge in [-0.25, -0.2) is 4.39 Å². The van der Waals surface area contributed by atoms with E-state index in [1.807, 2.05) is 12.1 Å². The van der Waals surface area contributed by atoms with E-state index in [2.05, 4.69) is 52.0 Å².